The standard InChI is InChI=1S/C16H24N2O.ClH/c1-16(2,3)13-5-6-14-12(11-13)8-10-18(14)15(19)7-9-17-4;/h5-6,11,17H,7-10H2,1-4H3;1H. The lowest BCUT2D eigenvalue weighted by molar-refractivity contribution is -0.118. The average Bonchev–Trinajstić information content (AvgIpc) is 2.77. The van der Waals surface area contributed by atoms with Crippen LogP contribution in [-0.4, -0.2) is 26.0 Å². The summed E-state index contributed by atoms with van der Waals surface area (Å²) in [5.41, 5.74) is 3.92. The molecule has 1 aliphatic rings. The summed E-state index contributed by atoms with van der Waals surface area (Å²) in [6.45, 7) is 8.23. The van der Waals surface area contributed by atoms with Crippen LogP contribution in [0.2, 0.25) is 0 Å². The van der Waals surface area contributed by atoms with E-state index in [9.17, 15) is 4.79 Å². The molecule has 0 spiro atoms. The summed E-state index contributed by atoms with van der Waals surface area (Å²) < 4.78 is 0. The van der Waals surface area contributed by atoms with Gasteiger partial charge in [0.2, 0.25) is 5.91 Å². The van der Waals surface area contributed by atoms with E-state index in [-0.39, 0.29) is 23.7 Å². The highest BCUT2D eigenvalue weighted by molar-refractivity contribution is 5.95. The van der Waals surface area contributed by atoms with Gasteiger partial charge in [-0.2, -0.15) is 0 Å². The van der Waals surface area contributed by atoms with Crippen LogP contribution in [0.1, 0.15) is 38.3 Å². The van der Waals surface area contributed by atoms with Gasteiger partial charge in [0.25, 0.3) is 0 Å². The molecule has 0 aliphatic carbocycles. The van der Waals surface area contributed by atoms with Crippen molar-refractivity contribution in [3.63, 3.8) is 0 Å². The van der Waals surface area contributed by atoms with E-state index in [1.165, 1.54) is 11.1 Å². The number of nitrogens with zero attached hydrogens (tertiary/aromatic N) is 1. The average molecular weight is 297 g/mol. The maximum Gasteiger partial charge on any atom is 0.228 e. The van der Waals surface area contributed by atoms with Gasteiger partial charge in [0.15, 0.2) is 0 Å². The predicted molar refractivity (Wildman–Crippen MR) is 87.0 cm³/mol. The smallest absolute Gasteiger partial charge is 0.228 e. The van der Waals surface area contributed by atoms with E-state index >= 15 is 0 Å². The highest BCUT2D eigenvalue weighted by atomic mass is 35.5. The number of benzene rings is 1. The molecule has 112 valence electrons. The maximum absolute atomic E-state index is 12.1. The Hall–Kier alpha value is -1.06. The highest BCUT2D eigenvalue weighted by Gasteiger charge is 2.25. The maximum atomic E-state index is 12.1. The minimum atomic E-state index is 0. The number of carbonyl (C=O) groups excluding carboxylic acids is 1. The fraction of sp³-hybridized carbons (Fsp3) is 0.562. The van der Waals surface area contributed by atoms with Crippen LogP contribution in [-0.2, 0) is 16.6 Å². The van der Waals surface area contributed by atoms with Crippen molar-refractivity contribution in [3.8, 4) is 0 Å². The van der Waals surface area contributed by atoms with Crippen molar-refractivity contribution < 1.29 is 4.79 Å². The molecule has 1 aromatic rings. The summed E-state index contributed by atoms with van der Waals surface area (Å²) in [5.74, 6) is 0.219. The summed E-state index contributed by atoms with van der Waals surface area (Å²) in [6.07, 6.45) is 1.54. The number of hydrogen-bond donors (Lipinski definition) is 1. The van der Waals surface area contributed by atoms with Crippen LogP contribution in [0.15, 0.2) is 18.2 Å². The van der Waals surface area contributed by atoms with Crippen LogP contribution in [0, 0.1) is 0 Å². The van der Waals surface area contributed by atoms with Crippen molar-refractivity contribution in [1.82, 2.24) is 5.32 Å². The lowest BCUT2D eigenvalue weighted by atomic mass is 9.86. The van der Waals surface area contributed by atoms with Crippen LogP contribution in [0.3, 0.4) is 0 Å². The molecular weight excluding hydrogens is 272 g/mol. The normalized spacial score (nSPS) is 13.9. The van der Waals surface area contributed by atoms with Crippen LogP contribution in [0.4, 0.5) is 5.69 Å². The molecule has 0 atom stereocenters. The van der Waals surface area contributed by atoms with Gasteiger partial charge in [0, 0.05) is 25.2 Å². The van der Waals surface area contributed by atoms with Gasteiger partial charge in [-0.3, -0.25) is 4.79 Å². The van der Waals surface area contributed by atoms with Crippen LogP contribution in [0.25, 0.3) is 0 Å². The second kappa shape index (κ2) is 6.59. The number of carbonyl (C=O) groups is 1. The number of anilines is 1. The second-order valence-electron chi connectivity index (χ2n) is 6.24. The van der Waals surface area contributed by atoms with Crippen molar-refractivity contribution in [1.29, 1.82) is 0 Å². The number of halogens is 1. The van der Waals surface area contributed by atoms with Gasteiger partial charge in [-0.1, -0.05) is 32.9 Å². The monoisotopic (exact) mass is 296 g/mol. The Morgan fingerprint density at radius 2 is 2.05 bits per heavy atom. The molecule has 0 saturated heterocycles. The molecule has 0 saturated carbocycles. The summed E-state index contributed by atoms with van der Waals surface area (Å²) in [6, 6.07) is 6.53. The quantitative estimate of drug-likeness (QED) is 0.930. The van der Waals surface area contributed by atoms with E-state index in [2.05, 4.69) is 44.3 Å². The molecule has 0 unspecified atom stereocenters. The van der Waals surface area contributed by atoms with Crippen molar-refractivity contribution >= 4 is 24.0 Å². The Bertz CT molecular complexity index is 480. The molecule has 4 heteroatoms. The van der Waals surface area contributed by atoms with Crippen LogP contribution >= 0.6 is 12.4 Å². The molecular formula is C16H25ClN2O. The zero-order chi connectivity index (χ0) is 14.0. The highest BCUT2D eigenvalue weighted by Crippen LogP contribution is 2.33. The molecule has 0 fully saturated rings. The lowest BCUT2D eigenvalue weighted by Crippen LogP contribution is -2.31. The third kappa shape index (κ3) is 3.53. The number of amides is 1. The van der Waals surface area contributed by atoms with E-state index in [1.54, 1.807) is 0 Å². The number of hydrogen-bond acceptors (Lipinski definition) is 2. The molecule has 1 N–H and O–H groups in total. The first kappa shape index (κ1) is 17.0. The minimum Gasteiger partial charge on any atom is -0.319 e. The largest absolute Gasteiger partial charge is 0.319 e. The molecule has 1 aromatic carbocycles. The molecule has 3 nitrogen and oxygen atoms in total. The van der Waals surface area contributed by atoms with Gasteiger partial charge in [0.05, 0.1) is 0 Å². The first-order valence-electron chi connectivity index (χ1n) is 7.02. The first-order chi connectivity index (χ1) is 8.93. The van der Waals surface area contributed by atoms with Crippen molar-refractivity contribution in [2.75, 3.05) is 25.0 Å². The SMILES string of the molecule is CNCCC(=O)N1CCc2cc(C(C)(C)C)ccc21.Cl. The molecule has 20 heavy (non-hydrogen) atoms. The Morgan fingerprint density at radius 3 is 2.65 bits per heavy atom. The zero-order valence-corrected chi connectivity index (χ0v) is 13.6. The topological polar surface area (TPSA) is 32.3 Å². The van der Waals surface area contributed by atoms with E-state index in [4.69, 9.17) is 0 Å². The van der Waals surface area contributed by atoms with Crippen LogP contribution < -0.4 is 10.2 Å². The number of nitrogens with one attached hydrogen (secondary N) is 1. The number of fused-ring (bicyclic) bond motifs is 1. The fourth-order valence-corrected chi connectivity index (χ4v) is 2.49. The first-order valence-corrected chi connectivity index (χ1v) is 7.02. The molecule has 0 radical (unpaired) electrons. The van der Waals surface area contributed by atoms with Gasteiger partial charge in [-0.15, -0.1) is 12.4 Å². The summed E-state index contributed by atoms with van der Waals surface area (Å²) in [5, 5.41) is 3.03. The van der Waals surface area contributed by atoms with Gasteiger partial charge in [0.1, 0.15) is 0 Å². The van der Waals surface area contributed by atoms with Crippen molar-refractivity contribution in [2.45, 2.75) is 39.0 Å². The Kier molecular flexibility index (Phi) is 5.60. The molecule has 1 heterocycles. The van der Waals surface area contributed by atoms with E-state index < -0.39 is 0 Å². The lowest BCUT2D eigenvalue weighted by Gasteiger charge is -2.21. The Morgan fingerprint density at radius 1 is 1.35 bits per heavy atom. The van der Waals surface area contributed by atoms with Gasteiger partial charge in [-0.05, 0) is 36.1 Å². The van der Waals surface area contributed by atoms with Crippen LogP contribution in [0.5, 0.6) is 0 Å². The van der Waals surface area contributed by atoms with E-state index in [0.29, 0.717) is 6.42 Å². The van der Waals surface area contributed by atoms with Crippen molar-refractivity contribution in [2.24, 2.45) is 0 Å². The zero-order valence-electron chi connectivity index (χ0n) is 12.8. The molecule has 0 aromatic heterocycles. The third-order valence-corrected chi connectivity index (χ3v) is 3.73. The van der Waals surface area contributed by atoms with E-state index in [0.717, 1.165) is 25.2 Å². The molecule has 0 bridgehead atoms. The second-order valence-corrected chi connectivity index (χ2v) is 6.24. The predicted octanol–water partition coefficient (Wildman–Crippen LogP) is 2.90. The Labute approximate surface area is 128 Å². The number of rotatable bonds is 3. The summed E-state index contributed by atoms with van der Waals surface area (Å²) >= 11 is 0. The molecule has 1 amide bonds. The minimum absolute atomic E-state index is 0. The van der Waals surface area contributed by atoms with Gasteiger partial charge in [-0.25, -0.2) is 0 Å². The Balaban J connectivity index is 0.00000200. The summed E-state index contributed by atoms with van der Waals surface area (Å²) in [7, 11) is 1.88. The third-order valence-electron chi connectivity index (χ3n) is 3.73. The molecule has 1 aliphatic heterocycles. The fourth-order valence-electron chi connectivity index (χ4n) is 2.49. The van der Waals surface area contributed by atoms with Crippen molar-refractivity contribution in [3.05, 3.63) is 29.3 Å². The van der Waals surface area contributed by atoms with Gasteiger partial charge < -0.3 is 10.2 Å². The van der Waals surface area contributed by atoms with Gasteiger partial charge >= 0.3 is 0 Å². The summed E-state index contributed by atoms with van der Waals surface area (Å²) in [4.78, 5) is 14.1. The van der Waals surface area contributed by atoms with E-state index in [1.807, 2.05) is 11.9 Å². The molecule has 2 rings (SSSR count).